The monoisotopic (exact) mass is 248 g/mol. The Balaban J connectivity index is 2.11. The van der Waals surface area contributed by atoms with E-state index in [-0.39, 0.29) is 7.92 Å². The van der Waals surface area contributed by atoms with Crippen LogP contribution in [0.5, 0.6) is 0 Å². The fraction of sp³-hybridized carbons (Fsp3) is 0.429. The summed E-state index contributed by atoms with van der Waals surface area (Å²) in [6.45, 7) is 4.89. The molecule has 2 heteroatoms. The normalized spacial score (nSPS) is 26.6. The van der Waals surface area contributed by atoms with E-state index in [0.717, 1.165) is 11.3 Å². The molecule has 1 aromatic heterocycles. The summed E-state index contributed by atoms with van der Waals surface area (Å²) in [5.74, 6) is 0. The minimum absolute atomic E-state index is 0.0850. The van der Waals surface area contributed by atoms with Gasteiger partial charge in [0.15, 0.2) is 0 Å². The third-order valence-electron chi connectivity index (χ3n) is 3.69. The van der Waals surface area contributed by atoms with Gasteiger partial charge in [-0.3, -0.25) is 0 Å². The van der Waals surface area contributed by atoms with E-state index in [2.05, 4.69) is 43.5 Å². The van der Waals surface area contributed by atoms with Crippen molar-refractivity contribution in [1.29, 1.82) is 0 Å². The molecule has 0 spiro atoms. The molecule has 0 aliphatic carbocycles. The number of benzene rings is 1. The van der Waals surface area contributed by atoms with Gasteiger partial charge < -0.3 is 0 Å². The van der Waals surface area contributed by atoms with Crippen molar-refractivity contribution in [2.45, 2.75) is 38.0 Å². The first-order valence-corrected chi connectivity index (χ1v) is 8.38. The Labute approximate surface area is 102 Å². The second kappa shape index (κ2) is 4.13. The Bertz CT molecular complexity index is 492. The first-order valence-electron chi connectivity index (χ1n) is 6.02. The van der Waals surface area contributed by atoms with Gasteiger partial charge in [0, 0.05) is 10.1 Å². The van der Waals surface area contributed by atoms with Gasteiger partial charge >= 0.3 is 0 Å². The predicted molar refractivity (Wildman–Crippen MR) is 76.5 cm³/mol. The SMILES string of the molecule is C[C@H]1CC[C@H](C)P1c1csc2ccccc12. The highest BCUT2D eigenvalue weighted by Gasteiger charge is 2.32. The Morgan fingerprint density at radius 3 is 2.56 bits per heavy atom. The molecule has 0 unspecified atom stereocenters. The second-order valence-corrected chi connectivity index (χ2v) is 8.77. The van der Waals surface area contributed by atoms with E-state index in [0.29, 0.717) is 0 Å². The lowest BCUT2D eigenvalue weighted by molar-refractivity contribution is 0.777. The van der Waals surface area contributed by atoms with Crippen LogP contribution in [0.15, 0.2) is 29.6 Å². The molecule has 2 heterocycles. The van der Waals surface area contributed by atoms with Crippen LogP contribution in [-0.4, -0.2) is 11.3 Å². The lowest BCUT2D eigenvalue weighted by atomic mass is 10.2. The van der Waals surface area contributed by atoms with Crippen LogP contribution in [-0.2, 0) is 0 Å². The van der Waals surface area contributed by atoms with Crippen molar-refractivity contribution in [2.75, 3.05) is 0 Å². The summed E-state index contributed by atoms with van der Waals surface area (Å²) in [7, 11) is 0.0850. The summed E-state index contributed by atoms with van der Waals surface area (Å²) in [5, 5.41) is 5.63. The molecule has 1 fully saturated rings. The maximum absolute atomic E-state index is 2.45. The van der Waals surface area contributed by atoms with Crippen LogP contribution in [0.1, 0.15) is 26.7 Å². The largest absolute Gasteiger partial charge is 0.143 e. The smallest absolute Gasteiger partial charge is 0.0349 e. The van der Waals surface area contributed by atoms with Crippen LogP contribution < -0.4 is 5.30 Å². The maximum Gasteiger partial charge on any atom is 0.0349 e. The fourth-order valence-electron chi connectivity index (χ4n) is 2.83. The molecule has 2 atom stereocenters. The highest BCUT2D eigenvalue weighted by molar-refractivity contribution is 7.68. The molecule has 2 aromatic rings. The summed E-state index contributed by atoms with van der Waals surface area (Å²) in [4.78, 5) is 0. The van der Waals surface area contributed by atoms with Crippen molar-refractivity contribution >= 4 is 34.6 Å². The van der Waals surface area contributed by atoms with E-state index in [4.69, 9.17) is 0 Å². The van der Waals surface area contributed by atoms with E-state index in [9.17, 15) is 0 Å². The van der Waals surface area contributed by atoms with Gasteiger partial charge in [-0.15, -0.1) is 11.3 Å². The topological polar surface area (TPSA) is 0 Å². The third-order valence-corrected chi connectivity index (χ3v) is 8.17. The third kappa shape index (κ3) is 1.61. The number of hydrogen-bond donors (Lipinski definition) is 0. The molecule has 0 radical (unpaired) electrons. The number of hydrogen-bond acceptors (Lipinski definition) is 1. The van der Waals surface area contributed by atoms with Crippen molar-refractivity contribution in [3.8, 4) is 0 Å². The van der Waals surface area contributed by atoms with E-state index >= 15 is 0 Å². The van der Waals surface area contributed by atoms with Crippen LogP contribution in [0, 0.1) is 0 Å². The number of thiophene rings is 1. The molecule has 0 saturated carbocycles. The first kappa shape index (κ1) is 10.7. The van der Waals surface area contributed by atoms with Crippen molar-refractivity contribution in [1.82, 2.24) is 0 Å². The van der Waals surface area contributed by atoms with Crippen molar-refractivity contribution in [2.24, 2.45) is 0 Å². The molecule has 1 aliphatic rings. The van der Waals surface area contributed by atoms with Crippen LogP contribution in [0.2, 0.25) is 0 Å². The molecule has 0 N–H and O–H groups in total. The summed E-state index contributed by atoms with van der Waals surface area (Å²) in [5.41, 5.74) is 1.84. The quantitative estimate of drug-likeness (QED) is 0.648. The van der Waals surface area contributed by atoms with Crippen LogP contribution in [0.3, 0.4) is 0 Å². The minimum atomic E-state index is 0.0850. The molecule has 84 valence electrons. The van der Waals surface area contributed by atoms with Crippen LogP contribution in [0.4, 0.5) is 0 Å². The molecule has 1 saturated heterocycles. The lowest BCUT2D eigenvalue weighted by Gasteiger charge is -2.20. The second-order valence-electron chi connectivity index (χ2n) is 4.80. The highest BCUT2D eigenvalue weighted by Crippen LogP contribution is 2.55. The van der Waals surface area contributed by atoms with Gasteiger partial charge in [0.25, 0.3) is 0 Å². The van der Waals surface area contributed by atoms with E-state index in [1.54, 1.807) is 5.30 Å². The standard InChI is InChI=1S/C14H17PS/c1-10-7-8-11(2)15(10)13-9-16-14-6-4-3-5-12(13)14/h3-6,9-11H,7-8H2,1-2H3/t10-,11-/m0/s1. The lowest BCUT2D eigenvalue weighted by Crippen LogP contribution is -2.09. The molecule has 3 rings (SSSR count). The zero-order valence-corrected chi connectivity index (χ0v) is 11.5. The molecule has 0 bridgehead atoms. The molecular weight excluding hydrogens is 231 g/mol. The molecule has 0 amide bonds. The Hall–Kier alpha value is -0.390. The van der Waals surface area contributed by atoms with Crippen molar-refractivity contribution in [3.63, 3.8) is 0 Å². The zero-order chi connectivity index (χ0) is 11.1. The molecular formula is C14H17PS. The maximum atomic E-state index is 2.45. The van der Waals surface area contributed by atoms with E-state index in [1.807, 2.05) is 11.3 Å². The Morgan fingerprint density at radius 2 is 1.81 bits per heavy atom. The minimum Gasteiger partial charge on any atom is -0.143 e. The fourth-order valence-corrected chi connectivity index (χ4v) is 7.53. The van der Waals surface area contributed by atoms with Gasteiger partial charge in [0.05, 0.1) is 0 Å². The first-order chi connectivity index (χ1) is 7.77. The Morgan fingerprint density at radius 1 is 1.12 bits per heavy atom. The van der Waals surface area contributed by atoms with Gasteiger partial charge in [0.2, 0.25) is 0 Å². The van der Waals surface area contributed by atoms with Crippen molar-refractivity contribution < 1.29 is 0 Å². The van der Waals surface area contributed by atoms with Gasteiger partial charge in [-0.25, -0.2) is 0 Å². The summed E-state index contributed by atoms with van der Waals surface area (Å²) in [6, 6.07) is 8.89. The number of rotatable bonds is 1. The van der Waals surface area contributed by atoms with Gasteiger partial charge in [-0.2, -0.15) is 0 Å². The summed E-state index contributed by atoms with van der Waals surface area (Å²) in [6.07, 6.45) is 2.86. The van der Waals surface area contributed by atoms with E-state index in [1.165, 1.54) is 22.9 Å². The van der Waals surface area contributed by atoms with Gasteiger partial charge in [-0.1, -0.05) is 40.0 Å². The molecule has 0 nitrogen and oxygen atoms in total. The number of fused-ring (bicyclic) bond motifs is 1. The van der Waals surface area contributed by atoms with Crippen LogP contribution >= 0.6 is 19.3 Å². The molecule has 1 aromatic carbocycles. The van der Waals surface area contributed by atoms with Crippen LogP contribution in [0.25, 0.3) is 10.1 Å². The van der Waals surface area contributed by atoms with Crippen molar-refractivity contribution in [3.05, 3.63) is 29.6 Å². The predicted octanol–water partition coefficient (Wildman–Crippen LogP) is 4.58. The zero-order valence-electron chi connectivity index (χ0n) is 9.81. The average Bonchev–Trinajstić information content (AvgIpc) is 2.83. The summed E-state index contributed by atoms with van der Waals surface area (Å²) >= 11 is 1.92. The van der Waals surface area contributed by atoms with E-state index < -0.39 is 0 Å². The molecule has 16 heavy (non-hydrogen) atoms. The average molecular weight is 248 g/mol. The Kier molecular flexibility index (Phi) is 2.77. The highest BCUT2D eigenvalue weighted by atomic mass is 32.1. The summed E-state index contributed by atoms with van der Waals surface area (Å²) < 4.78 is 1.46. The van der Waals surface area contributed by atoms with Gasteiger partial charge in [0.1, 0.15) is 0 Å². The molecule has 1 aliphatic heterocycles. The van der Waals surface area contributed by atoms with Gasteiger partial charge in [-0.05, 0) is 40.9 Å².